The Bertz CT molecular complexity index is 1610. The van der Waals surface area contributed by atoms with Crippen molar-refractivity contribution in [2.45, 2.75) is 68.3 Å². The van der Waals surface area contributed by atoms with Crippen LogP contribution in [0.3, 0.4) is 0 Å². The minimum atomic E-state index is -3.99. The van der Waals surface area contributed by atoms with E-state index < -0.39 is 27.2 Å². The summed E-state index contributed by atoms with van der Waals surface area (Å²) in [6.07, 6.45) is 5.19. The number of hydrogen-bond acceptors (Lipinski definition) is 7. The number of sulfonamides is 1. The molecule has 1 aromatic heterocycles. The fraction of sp³-hybridized carbons (Fsp3) is 0.414. The number of alkyl carbamates (subject to hydrolysis) is 1. The molecule has 2 aromatic carbocycles. The number of ether oxygens (including phenoxy) is 2. The third-order valence-corrected chi connectivity index (χ3v) is 10.4. The van der Waals surface area contributed by atoms with E-state index in [0.29, 0.717) is 24.6 Å². The van der Waals surface area contributed by atoms with Crippen LogP contribution in [0.2, 0.25) is 0 Å². The molecule has 1 aliphatic heterocycles. The van der Waals surface area contributed by atoms with Crippen LogP contribution in [0, 0.1) is 5.92 Å². The highest BCUT2D eigenvalue weighted by atomic mass is 32.2. The molecule has 3 aromatic rings. The van der Waals surface area contributed by atoms with Crippen LogP contribution >= 0.6 is 0 Å². The van der Waals surface area contributed by atoms with Crippen molar-refractivity contribution in [3.63, 3.8) is 0 Å². The van der Waals surface area contributed by atoms with Gasteiger partial charge in [0.25, 0.3) is 5.56 Å². The highest BCUT2D eigenvalue weighted by Gasteiger charge is 2.62. The van der Waals surface area contributed by atoms with Crippen molar-refractivity contribution >= 4 is 32.9 Å². The van der Waals surface area contributed by atoms with Crippen molar-refractivity contribution in [3.05, 3.63) is 76.7 Å². The van der Waals surface area contributed by atoms with Gasteiger partial charge in [-0.1, -0.05) is 42.8 Å². The zero-order valence-electron chi connectivity index (χ0n) is 22.0. The van der Waals surface area contributed by atoms with Crippen molar-refractivity contribution in [1.82, 2.24) is 14.2 Å². The van der Waals surface area contributed by atoms with Gasteiger partial charge in [-0.15, -0.1) is 0 Å². The van der Waals surface area contributed by atoms with Gasteiger partial charge in [-0.05, 0) is 55.9 Å². The number of pyridine rings is 1. The lowest BCUT2D eigenvalue weighted by atomic mass is 9.86. The summed E-state index contributed by atoms with van der Waals surface area (Å²) in [6, 6.07) is 15.2. The molecule has 2 aliphatic carbocycles. The fourth-order valence-electron chi connectivity index (χ4n) is 5.74. The number of hydrogen-bond donors (Lipinski definition) is 1. The minimum absolute atomic E-state index is 0.0410. The normalized spacial score (nSPS) is 20.2. The van der Waals surface area contributed by atoms with Crippen LogP contribution in [0.4, 0.5) is 4.79 Å². The van der Waals surface area contributed by atoms with E-state index in [1.54, 1.807) is 18.2 Å². The van der Waals surface area contributed by atoms with Gasteiger partial charge < -0.3 is 14.8 Å². The second kappa shape index (κ2) is 10.4. The van der Waals surface area contributed by atoms with E-state index in [4.69, 9.17) is 9.47 Å². The summed E-state index contributed by atoms with van der Waals surface area (Å²) < 4.78 is 41.4. The lowest BCUT2D eigenvalue weighted by molar-refractivity contribution is -0.155. The third kappa shape index (κ3) is 4.77. The second-order valence-corrected chi connectivity index (χ2v) is 12.6. The first-order valence-electron chi connectivity index (χ1n) is 13.6. The van der Waals surface area contributed by atoms with Crippen LogP contribution in [0.15, 0.2) is 70.5 Å². The van der Waals surface area contributed by atoms with Crippen LogP contribution < -0.4 is 10.9 Å². The number of benzene rings is 2. The molecule has 2 heterocycles. The standard InChI is InChI=1S/C29H31N3O7S/c33-26-23-10-5-11-24(22(23)12-16-31(26)19-39-27(34)21-8-4-9-21)40(36,37)32-17-13-25(29(32)14-15-29)30-28(35)38-18-20-6-2-1-3-7-20/h1-3,5-7,10-12,16,21,25H,4,8-9,13-15,17-19H2,(H,30,35). The van der Waals surface area contributed by atoms with Crippen LogP contribution in [0.5, 0.6) is 0 Å². The lowest BCUT2D eigenvalue weighted by Crippen LogP contribution is -2.48. The summed E-state index contributed by atoms with van der Waals surface area (Å²) in [6.45, 7) is 0.155. The highest BCUT2D eigenvalue weighted by molar-refractivity contribution is 7.89. The Hall–Kier alpha value is -3.70. The Morgan fingerprint density at radius 3 is 2.42 bits per heavy atom. The van der Waals surface area contributed by atoms with Crippen LogP contribution in [-0.4, -0.2) is 47.5 Å². The Morgan fingerprint density at radius 1 is 0.950 bits per heavy atom. The minimum Gasteiger partial charge on any atom is -0.445 e. The zero-order chi connectivity index (χ0) is 27.9. The molecular weight excluding hydrogens is 534 g/mol. The van der Waals surface area contributed by atoms with E-state index in [0.717, 1.165) is 24.8 Å². The maximum Gasteiger partial charge on any atom is 0.407 e. The van der Waals surface area contributed by atoms with Gasteiger partial charge in [-0.2, -0.15) is 4.31 Å². The molecule has 0 radical (unpaired) electrons. The molecule has 1 N–H and O–H groups in total. The van der Waals surface area contributed by atoms with Crippen molar-refractivity contribution in [3.8, 4) is 0 Å². The fourth-order valence-corrected chi connectivity index (χ4v) is 7.82. The number of carbonyl (C=O) groups is 2. The average molecular weight is 566 g/mol. The predicted molar refractivity (Wildman–Crippen MR) is 146 cm³/mol. The molecule has 1 amide bonds. The van der Waals surface area contributed by atoms with E-state index in [-0.39, 0.29) is 48.1 Å². The van der Waals surface area contributed by atoms with E-state index in [9.17, 15) is 22.8 Å². The average Bonchev–Trinajstić information content (AvgIpc) is 3.63. The number of rotatable bonds is 8. The molecule has 6 rings (SSSR count). The SMILES string of the molecule is O=C(NC1CCN(S(=O)(=O)c2cccc3c(=O)n(COC(=O)C4CCC4)ccc23)C12CC2)OCc1ccccc1. The quantitative estimate of drug-likeness (QED) is 0.415. The Balaban J connectivity index is 1.19. The largest absolute Gasteiger partial charge is 0.445 e. The molecule has 11 heteroatoms. The van der Waals surface area contributed by atoms with Gasteiger partial charge in [0.1, 0.15) is 6.61 Å². The molecule has 10 nitrogen and oxygen atoms in total. The van der Waals surface area contributed by atoms with Crippen LogP contribution in [0.1, 0.15) is 44.1 Å². The van der Waals surface area contributed by atoms with Gasteiger partial charge in [-0.3, -0.25) is 14.2 Å². The van der Waals surface area contributed by atoms with Gasteiger partial charge in [-0.25, -0.2) is 13.2 Å². The summed E-state index contributed by atoms with van der Waals surface area (Å²) >= 11 is 0. The number of aromatic nitrogens is 1. The molecule has 3 fully saturated rings. The van der Waals surface area contributed by atoms with Crippen LogP contribution in [-0.2, 0) is 37.6 Å². The lowest BCUT2D eigenvalue weighted by Gasteiger charge is -2.28. The third-order valence-electron chi connectivity index (χ3n) is 8.36. The van der Waals surface area contributed by atoms with Gasteiger partial charge >= 0.3 is 12.1 Å². The van der Waals surface area contributed by atoms with Crippen molar-refractivity contribution in [2.75, 3.05) is 6.54 Å². The van der Waals surface area contributed by atoms with E-state index in [1.807, 2.05) is 30.3 Å². The predicted octanol–water partition coefficient (Wildman–Crippen LogP) is 3.52. The summed E-state index contributed by atoms with van der Waals surface area (Å²) in [4.78, 5) is 37.9. The topological polar surface area (TPSA) is 124 Å². The van der Waals surface area contributed by atoms with E-state index in [2.05, 4.69) is 5.32 Å². The maximum absolute atomic E-state index is 14.0. The summed E-state index contributed by atoms with van der Waals surface area (Å²) in [5.41, 5.74) is -0.280. The molecule has 2 saturated carbocycles. The van der Waals surface area contributed by atoms with E-state index >= 15 is 0 Å². The number of carbonyl (C=O) groups excluding carboxylic acids is 2. The number of nitrogens with one attached hydrogen (secondary N) is 1. The Kier molecular flexibility index (Phi) is 6.87. The molecule has 1 spiro atoms. The number of fused-ring (bicyclic) bond motifs is 1. The Morgan fingerprint density at radius 2 is 1.73 bits per heavy atom. The molecule has 1 atom stereocenters. The summed E-state index contributed by atoms with van der Waals surface area (Å²) in [7, 11) is -3.99. The molecule has 40 heavy (non-hydrogen) atoms. The second-order valence-electron chi connectivity index (χ2n) is 10.8. The monoisotopic (exact) mass is 565 g/mol. The first-order chi connectivity index (χ1) is 19.3. The van der Waals surface area contributed by atoms with Gasteiger partial charge in [0.2, 0.25) is 10.0 Å². The first kappa shape index (κ1) is 26.5. The number of nitrogens with zero attached hydrogens (tertiary/aromatic N) is 2. The Labute approximate surface area is 231 Å². The maximum atomic E-state index is 14.0. The summed E-state index contributed by atoms with van der Waals surface area (Å²) in [5.74, 6) is -0.419. The number of amides is 1. The van der Waals surface area contributed by atoms with Gasteiger partial charge in [0, 0.05) is 23.5 Å². The van der Waals surface area contributed by atoms with Crippen LogP contribution in [0.25, 0.3) is 10.8 Å². The molecule has 210 valence electrons. The molecule has 3 aliphatic rings. The smallest absolute Gasteiger partial charge is 0.407 e. The van der Waals surface area contributed by atoms with Crippen molar-refractivity contribution < 1.29 is 27.5 Å². The summed E-state index contributed by atoms with van der Waals surface area (Å²) in [5, 5.41) is 3.42. The van der Waals surface area contributed by atoms with Gasteiger partial charge in [0.15, 0.2) is 6.73 Å². The number of esters is 1. The molecular formula is C29H31N3O7S. The highest BCUT2D eigenvalue weighted by Crippen LogP contribution is 2.52. The zero-order valence-corrected chi connectivity index (χ0v) is 22.8. The van der Waals surface area contributed by atoms with Crippen molar-refractivity contribution in [1.29, 1.82) is 0 Å². The molecule has 0 bridgehead atoms. The van der Waals surface area contributed by atoms with Gasteiger partial charge in [0.05, 0.1) is 22.4 Å². The van der Waals surface area contributed by atoms with Crippen molar-refractivity contribution in [2.24, 2.45) is 5.92 Å². The van der Waals surface area contributed by atoms with E-state index in [1.165, 1.54) is 21.1 Å². The molecule has 1 unspecified atom stereocenters. The first-order valence-corrected chi connectivity index (χ1v) is 15.0. The molecule has 1 saturated heterocycles.